The second kappa shape index (κ2) is 7.01. The van der Waals surface area contributed by atoms with Gasteiger partial charge in [0.2, 0.25) is 5.91 Å². The fraction of sp³-hybridized carbons (Fsp3) is 0.118. The highest BCUT2D eigenvalue weighted by Gasteiger charge is 2.13. The number of hydrogen-bond donors (Lipinski definition) is 1. The van der Waals surface area contributed by atoms with Gasteiger partial charge >= 0.3 is 0 Å². The van der Waals surface area contributed by atoms with Gasteiger partial charge in [0.05, 0.1) is 35.0 Å². The zero-order valence-electron chi connectivity index (χ0n) is 13.7. The Labute approximate surface area is 147 Å². The second-order valence-electron chi connectivity index (χ2n) is 5.38. The molecule has 1 aromatic heterocycles. The van der Waals surface area contributed by atoms with Gasteiger partial charge in [-0.05, 0) is 18.2 Å². The summed E-state index contributed by atoms with van der Waals surface area (Å²) in [4.78, 5) is 39.1. The molecule has 0 saturated heterocycles. The van der Waals surface area contributed by atoms with Crippen LogP contribution in [0.3, 0.4) is 0 Å². The van der Waals surface area contributed by atoms with E-state index in [9.17, 15) is 19.7 Å². The van der Waals surface area contributed by atoms with Crippen LogP contribution in [0, 0.1) is 10.1 Å². The molecule has 3 rings (SSSR count). The van der Waals surface area contributed by atoms with Gasteiger partial charge in [0.15, 0.2) is 0 Å². The van der Waals surface area contributed by atoms with Crippen molar-refractivity contribution in [2.45, 2.75) is 6.54 Å². The molecule has 0 saturated carbocycles. The molecule has 0 fully saturated rings. The third-order valence-electron chi connectivity index (χ3n) is 3.71. The van der Waals surface area contributed by atoms with Crippen LogP contribution in [0.2, 0.25) is 0 Å². The van der Waals surface area contributed by atoms with E-state index in [0.717, 1.165) is 10.6 Å². The maximum atomic E-state index is 12.5. The van der Waals surface area contributed by atoms with Gasteiger partial charge in [0.1, 0.15) is 12.3 Å². The van der Waals surface area contributed by atoms with Gasteiger partial charge < -0.3 is 10.1 Å². The topological polar surface area (TPSA) is 116 Å². The lowest BCUT2D eigenvalue weighted by molar-refractivity contribution is -0.384. The molecule has 1 amide bonds. The van der Waals surface area contributed by atoms with Gasteiger partial charge in [-0.2, -0.15) is 0 Å². The van der Waals surface area contributed by atoms with Crippen molar-refractivity contribution in [2.24, 2.45) is 0 Å². The summed E-state index contributed by atoms with van der Waals surface area (Å²) in [5.41, 5.74) is 0.0425. The molecule has 0 spiro atoms. The average molecular weight is 354 g/mol. The summed E-state index contributed by atoms with van der Waals surface area (Å²) in [5, 5.41) is 13.6. The molecule has 3 aromatic rings. The second-order valence-corrected chi connectivity index (χ2v) is 5.38. The number of methoxy groups -OCH3 is 1. The monoisotopic (exact) mass is 354 g/mol. The molecule has 0 bridgehead atoms. The molecule has 2 aromatic carbocycles. The quantitative estimate of drug-likeness (QED) is 0.553. The van der Waals surface area contributed by atoms with Crippen molar-refractivity contribution < 1.29 is 14.5 Å². The number of fused-ring (bicyclic) bond motifs is 1. The molecule has 0 aliphatic carbocycles. The highest BCUT2D eigenvalue weighted by molar-refractivity contribution is 5.92. The minimum atomic E-state index is -0.593. The smallest absolute Gasteiger partial charge is 0.270 e. The summed E-state index contributed by atoms with van der Waals surface area (Å²) in [5.74, 6) is 0.0311. The molecule has 1 N–H and O–H groups in total. The number of nitrogens with one attached hydrogen (secondary N) is 1. The van der Waals surface area contributed by atoms with E-state index in [-0.39, 0.29) is 17.6 Å². The van der Waals surface area contributed by atoms with Crippen molar-refractivity contribution in [3.63, 3.8) is 0 Å². The molecule has 0 unspecified atom stereocenters. The lowest BCUT2D eigenvalue weighted by Crippen LogP contribution is -2.28. The number of amides is 1. The standard InChI is InChI=1S/C17H14N4O5/c1-26-15-5-3-2-4-14(15)19-16(22)9-20-10-18-13-7-6-11(21(24)25)8-12(13)17(20)23/h2-8,10H,9H2,1H3,(H,19,22). The normalized spacial score (nSPS) is 10.5. The maximum absolute atomic E-state index is 12.5. The number of anilines is 1. The highest BCUT2D eigenvalue weighted by atomic mass is 16.6. The number of aromatic nitrogens is 2. The van der Waals surface area contributed by atoms with Gasteiger partial charge in [0, 0.05) is 12.1 Å². The Morgan fingerprint density at radius 1 is 1.31 bits per heavy atom. The SMILES string of the molecule is COc1ccccc1NC(=O)Cn1cnc2ccc([N+](=O)[O-])cc2c1=O. The van der Waals surface area contributed by atoms with E-state index in [1.807, 2.05) is 0 Å². The minimum absolute atomic E-state index is 0.0757. The van der Waals surface area contributed by atoms with Crippen molar-refractivity contribution in [3.8, 4) is 5.75 Å². The lowest BCUT2D eigenvalue weighted by Gasteiger charge is -2.11. The number of para-hydroxylation sites is 2. The maximum Gasteiger partial charge on any atom is 0.270 e. The van der Waals surface area contributed by atoms with Crippen LogP contribution in [0.25, 0.3) is 10.9 Å². The summed E-state index contributed by atoms with van der Waals surface area (Å²) >= 11 is 0. The number of nitro groups is 1. The third kappa shape index (κ3) is 3.36. The van der Waals surface area contributed by atoms with Gasteiger partial charge in [-0.3, -0.25) is 24.3 Å². The first-order valence-corrected chi connectivity index (χ1v) is 7.56. The Balaban J connectivity index is 1.88. The number of ether oxygens (including phenoxy) is 1. The summed E-state index contributed by atoms with van der Waals surface area (Å²) < 4.78 is 6.25. The first kappa shape index (κ1) is 17.1. The fourth-order valence-electron chi connectivity index (χ4n) is 2.47. The summed E-state index contributed by atoms with van der Waals surface area (Å²) in [6.07, 6.45) is 1.23. The Morgan fingerprint density at radius 3 is 2.81 bits per heavy atom. The summed E-state index contributed by atoms with van der Waals surface area (Å²) in [6, 6.07) is 10.7. The van der Waals surface area contributed by atoms with Crippen molar-refractivity contribution in [3.05, 3.63) is 69.3 Å². The van der Waals surface area contributed by atoms with E-state index in [0.29, 0.717) is 17.0 Å². The van der Waals surface area contributed by atoms with Crippen LogP contribution in [0.5, 0.6) is 5.75 Å². The number of rotatable bonds is 5. The predicted molar refractivity (Wildman–Crippen MR) is 94.3 cm³/mol. The molecular weight excluding hydrogens is 340 g/mol. The number of carbonyl (C=O) groups excluding carboxylic acids is 1. The van der Waals surface area contributed by atoms with Crippen LogP contribution < -0.4 is 15.6 Å². The predicted octanol–water partition coefficient (Wildman–Crippen LogP) is 1.95. The number of nitro benzene ring substituents is 1. The Bertz CT molecular complexity index is 1060. The van der Waals surface area contributed by atoms with E-state index < -0.39 is 16.4 Å². The molecule has 1 heterocycles. The van der Waals surface area contributed by atoms with Crippen LogP contribution in [-0.2, 0) is 11.3 Å². The molecular formula is C17H14N4O5. The van der Waals surface area contributed by atoms with Gasteiger partial charge in [-0.25, -0.2) is 4.98 Å². The van der Waals surface area contributed by atoms with Crippen molar-refractivity contribution in [2.75, 3.05) is 12.4 Å². The van der Waals surface area contributed by atoms with E-state index in [1.54, 1.807) is 24.3 Å². The summed E-state index contributed by atoms with van der Waals surface area (Å²) in [7, 11) is 1.48. The van der Waals surface area contributed by atoms with E-state index in [1.165, 1.54) is 25.6 Å². The van der Waals surface area contributed by atoms with E-state index in [2.05, 4.69) is 10.3 Å². The molecule has 9 nitrogen and oxygen atoms in total. The van der Waals surface area contributed by atoms with Gasteiger partial charge in [-0.1, -0.05) is 12.1 Å². The number of nitrogens with zero attached hydrogens (tertiary/aromatic N) is 3. The average Bonchev–Trinajstić information content (AvgIpc) is 2.64. The molecule has 0 atom stereocenters. The number of non-ortho nitro benzene ring substituents is 1. The first-order chi connectivity index (χ1) is 12.5. The zero-order valence-corrected chi connectivity index (χ0v) is 13.7. The van der Waals surface area contributed by atoms with Crippen molar-refractivity contribution in [1.29, 1.82) is 0 Å². The molecule has 0 aliphatic heterocycles. The third-order valence-corrected chi connectivity index (χ3v) is 3.71. The molecule has 132 valence electrons. The number of carbonyl (C=O) groups is 1. The minimum Gasteiger partial charge on any atom is -0.495 e. The Hall–Kier alpha value is -3.75. The summed E-state index contributed by atoms with van der Waals surface area (Å²) in [6.45, 7) is -0.289. The van der Waals surface area contributed by atoms with Crippen molar-refractivity contribution >= 4 is 28.2 Å². The Kier molecular flexibility index (Phi) is 4.61. The molecule has 9 heteroatoms. The zero-order chi connectivity index (χ0) is 18.7. The fourth-order valence-corrected chi connectivity index (χ4v) is 2.47. The van der Waals surface area contributed by atoms with Crippen LogP contribution in [0.4, 0.5) is 11.4 Å². The van der Waals surface area contributed by atoms with E-state index in [4.69, 9.17) is 4.74 Å². The van der Waals surface area contributed by atoms with Crippen LogP contribution in [-0.4, -0.2) is 27.5 Å². The van der Waals surface area contributed by atoms with Crippen LogP contribution >= 0.6 is 0 Å². The molecule has 0 aliphatic rings. The van der Waals surface area contributed by atoms with E-state index >= 15 is 0 Å². The van der Waals surface area contributed by atoms with Crippen LogP contribution in [0.15, 0.2) is 53.6 Å². The molecule has 26 heavy (non-hydrogen) atoms. The number of hydrogen-bond acceptors (Lipinski definition) is 6. The number of benzene rings is 2. The largest absolute Gasteiger partial charge is 0.495 e. The first-order valence-electron chi connectivity index (χ1n) is 7.56. The van der Waals surface area contributed by atoms with Crippen LogP contribution in [0.1, 0.15) is 0 Å². The van der Waals surface area contributed by atoms with Gasteiger partial charge in [-0.15, -0.1) is 0 Å². The highest BCUT2D eigenvalue weighted by Crippen LogP contribution is 2.23. The Morgan fingerprint density at radius 2 is 2.08 bits per heavy atom. The van der Waals surface area contributed by atoms with Gasteiger partial charge in [0.25, 0.3) is 11.2 Å². The lowest BCUT2D eigenvalue weighted by atomic mass is 10.2. The molecule has 0 radical (unpaired) electrons. The van der Waals surface area contributed by atoms with Crippen molar-refractivity contribution in [1.82, 2.24) is 9.55 Å².